The van der Waals surface area contributed by atoms with E-state index in [1.807, 2.05) is 0 Å². The maximum absolute atomic E-state index is 12.9. The number of carbonyl (C=O) groups excluding carboxylic acids is 1. The van der Waals surface area contributed by atoms with Gasteiger partial charge in [0.05, 0.1) is 36.9 Å². The van der Waals surface area contributed by atoms with Crippen LogP contribution in [0.2, 0.25) is 10.0 Å². The third-order valence-electron chi connectivity index (χ3n) is 3.28. The van der Waals surface area contributed by atoms with Crippen LogP contribution in [0.4, 0.5) is 0 Å². The van der Waals surface area contributed by atoms with E-state index in [9.17, 15) is 4.79 Å². The van der Waals surface area contributed by atoms with Crippen molar-refractivity contribution in [2.75, 3.05) is 21.3 Å². The second kappa shape index (κ2) is 7.06. The molecule has 1 aromatic carbocycles. The molecule has 0 bridgehead atoms. The van der Waals surface area contributed by atoms with Crippen molar-refractivity contribution in [3.63, 3.8) is 0 Å². The predicted octanol–water partition coefficient (Wildman–Crippen LogP) is 3.95. The number of carbonyl (C=O) groups is 1. The van der Waals surface area contributed by atoms with E-state index in [1.54, 1.807) is 13.0 Å². The zero-order valence-corrected chi connectivity index (χ0v) is 14.6. The summed E-state index contributed by atoms with van der Waals surface area (Å²) in [6.45, 7) is 1.77. The van der Waals surface area contributed by atoms with Gasteiger partial charge in [0, 0.05) is 6.20 Å². The number of pyridine rings is 1. The van der Waals surface area contributed by atoms with Gasteiger partial charge in [0.15, 0.2) is 11.5 Å². The van der Waals surface area contributed by atoms with Gasteiger partial charge in [0.1, 0.15) is 5.69 Å². The molecule has 2 rings (SSSR count). The van der Waals surface area contributed by atoms with E-state index in [1.165, 1.54) is 33.6 Å². The van der Waals surface area contributed by atoms with Gasteiger partial charge in [-0.15, -0.1) is 0 Å². The van der Waals surface area contributed by atoms with E-state index in [4.69, 9.17) is 37.4 Å². The fourth-order valence-electron chi connectivity index (χ4n) is 2.26. The monoisotopic (exact) mass is 355 g/mol. The molecule has 0 N–H and O–H groups in total. The molecule has 0 unspecified atom stereocenters. The topological polar surface area (TPSA) is 57.7 Å². The molecule has 5 nitrogen and oxygen atoms in total. The highest BCUT2D eigenvalue weighted by Crippen LogP contribution is 2.42. The molecule has 0 aliphatic rings. The molecule has 1 aromatic heterocycles. The number of aryl methyl sites for hydroxylation is 1. The number of methoxy groups -OCH3 is 3. The largest absolute Gasteiger partial charge is 0.493 e. The Morgan fingerprint density at radius 3 is 2.22 bits per heavy atom. The highest BCUT2D eigenvalue weighted by molar-refractivity contribution is 6.37. The molecular weight excluding hydrogens is 341 g/mol. The molecule has 122 valence electrons. The second-order valence-electron chi connectivity index (χ2n) is 4.65. The lowest BCUT2D eigenvalue weighted by Gasteiger charge is -2.17. The Morgan fingerprint density at radius 1 is 1.04 bits per heavy atom. The third-order valence-corrected chi connectivity index (χ3v) is 3.77. The summed E-state index contributed by atoms with van der Waals surface area (Å²) in [5, 5.41) is 0.515. The summed E-state index contributed by atoms with van der Waals surface area (Å²) in [5.41, 5.74) is 1.05. The predicted molar refractivity (Wildman–Crippen MR) is 88.5 cm³/mol. The van der Waals surface area contributed by atoms with Crippen LogP contribution < -0.4 is 14.2 Å². The molecule has 0 amide bonds. The molecule has 2 aromatic rings. The Kier molecular flexibility index (Phi) is 5.34. The molecular formula is C16H15Cl2NO4. The molecule has 23 heavy (non-hydrogen) atoms. The molecule has 0 fully saturated rings. The van der Waals surface area contributed by atoms with E-state index < -0.39 is 0 Å². The van der Waals surface area contributed by atoms with E-state index >= 15 is 0 Å². The first kappa shape index (κ1) is 17.4. The summed E-state index contributed by atoms with van der Waals surface area (Å²) < 4.78 is 16.0. The first-order valence-electron chi connectivity index (χ1n) is 6.59. The van der Waals surface area contributed by atoms with Crippen LogP contribution in [0, 0.1) is 6.92 Å². The van der Waals surface area contributed by atoms with E-state index in [2.05, 4.69) is 4.98 Å². The zero-order valence-electron chi connectivity index (χ0n) is 13.1. The average molecular weight is 356 g/mol. The van der Waals surface area contributed by atoms with Crippen LogP contribution in [0.5, 0.6) is 17.2 Å². The summed E-state index contributed by atoms with van der Waals surface area (Å²) in [5.74, 6) is 0.673. The van der Waals surface area contributed by atoms with Crippen LogP contribution in [-0.4, -0.2) is 32.1 Å². The minimum atomic E-state index is -0.387. The van der Waals surface area contributed by atoms with Crippen molar-refractivity contribution in [1.29, 1.82) is 0 Å². The number of ether oxygens (including phenoxy) is 3. The molecule has 0 spiro atoms. The lowest BCUT2D eigenvalue weighted by Crippen LogP contribution is -2.10. The van der Waals surface area contributed by atoms with Crippen LogP contribution in [0.3, 0.4) is 0 Å². The first-order valence-corrected chi connectivity index (χ1v) is 7.35. The SMILES string of the molecule is COc1cc(C)c(C(=O)c2ncc(Cl)cc2Cl)c(OC)c1OC. The molecule has 1 heterocycles. The number of hydrogen-bond donors (Lipinski definition) is 0. The fraction of sp³-hybridized carbons (Fsp3) is 0.250. The van der Waals surface area contributed by atoms with Gasteiger partial charge in [-0.2, -0.15) is 0 Å². The summed E-state index contributed by atoms with van der Waals surface area (Å²) in [6.07, 6.45) is 1.36. The van der Waals surface area contributed by atoms with Crippen LogP contribution in [0.1, 0.15) is 21.6 Å². The molecule has 0 aliphatic carbocycles. The van der Waals surface area contributed by atoms with E-state index in [0.29, 0.717) is 27.6 Å². The highest BCUT2D eigenvalue weighted by atomic mass is 35.5. The molecule has 7 heteroatoms. The molecule has 0 saturated heterocycles. The van der Waals surface area contributed by atoms with Gasteiger partial charge in [0.2, 0.25) is 11.5 Å². The Bertz CT molecular complexity index is 762. The van der Waals surface area contributed by atoms with Gasteiger partial charge < -0.3 is 14.2 Å². The first-order chi connectivity index (χ1) is 10.9. The highest BCUT2D eigenvalue weighted by Gasteiger charge is 2.26. The van der Waals surface area contributed by atoms with Gasteiger partial charge >= 0.3 is 0 Å². The quantitative estimate of drug-likeness (QED) is 0.760. The fourth-order valence-corrected chi connectivity index (χ4v) is 2.73. The lowest BCUT2D eigenvalue weighted by atomic mass is 9.99. The van der Waals surface area contributed by atoms with Crippen molar-refractivity contribution in [3.05, 3.63) is 45.2 Å². The summed E-state index contributed by atoms with van der Waals surface area (Å²) in [4.78, 5) is 16.9. The molecule has 0 aliphatic heterocycles. The van der Waals surface area contributed by atoms with Crippen LogP contribution in [0.15, 0.2) is 18.3 Å². The smallest absolute Gasteiger partial charge is 0.217 e. The van der Waals surface area contributed by atoms with Gasteiger partial charge in [-0.3, -0.25) is 4.79 Å². The number of hydrogen-bond acceptors (Lipinski definition) is 5. The number of aromatic nitrogens is 1. The van der Waals surface area contributed by atoms with Crippen LogP contribution >= 0.6 is 23.2 Å². The van der Waals surface area contributed by atoms with Crippen molar-refractivity contribution >= 4 is 29.0 Å². The molecule has 0 saturated carbocycles. The summed E-state index contributed by atoms with van der Waals surface area (Å²) in [7, 11) is 4.43. The number of halogens is 2. The summed E-state index contributed by atoms with van der Waals surface area (Å²) in [6, 6.07) is 3.16. The Balaban J connectivity index is 2.69. The maximum atomic E-state index is 12.9. The lowest BCUT2D eigenvalue weighted by molar-refractivity contribution is 0.103. The standard InChI is InChI=1S/C16H15Cl2NO4/c1-8-5-11(21-2)15(22-3)16(23-4)12(8)14(20)13-10(18)6-9(17)7-19-13/h5-7H,1-4H3. The van der Waals surface area contributed by atoms with Crippen molar-refractivity contribution in [2.24, 2.45) is 0 Å². The molecule has 0 atom stereocenters. The van der Waals surface area contributed by atoms with Crippen LogP contribution in [-0.2, 0) is 0 Å². The van der Waals surface area contributed by atoms with E-state index in [-0.39, 0.29) is 22.2 Å². The van der Waals surface area contributed by atoms with Crippen molar-refractivity contribution in [1.82, 2.24) is 4.98 Å². The van der Waals surface area contributed by atoms with Crippen molar-refractivity contribution < 1.29 is 19.0 Å². The van der Waals surface area contributed by atoms with E-state index in [0.717, 1.165) is 0 Å². The number of nitrogens with zero attached hydrogens (tertiary/aromatic N) is 1. The van der Waals surface area contributed by atoms with Gasteiger partial charge in [-0.25, -0.2) is 4.98 Å². The normalized spacial score (nSPS) is 10.3. The minimum absolute atomic E-state index is 0.0877. The Labute approximate surface area is 144 Å². The zero-order chi connectivity index (χ0) is 17.1. The van der Waals surface area contributed by atoms with Crippen LogP contribution in [0.25, 0.3) is 0 Å². The number of ketones is 1. The van der Waals surface area contributed by atoms with Crippen molar-refractivity contribution in [3.8, 4) is 17.2 Å². The minimum Gasteiger partial charge on any atom is -0.493 e. The third kappa shape index (κ3) is 3.21. The average Bonchev–Trinajstić information content (AvgIpc) is 2.52. The number of benzene rings is 1. The second-order valence-corrected chi connectivity index (χ2v) is 5.49. The summed E-state index contributed by atoms with van der Waals surface area (Å²) >= 11 is 11.9. The maximum Gasteiger partial charge on any atom is 0.217 e. The van der Waals surface area contributed by atoms with Gasteiger partial charge in [-0.05, 0) is 24.6 Å². The Hall–Kier alpha value is -1.98. The Morgan fingerprint density at radius 2 is 1.70 bits per heavy atom. The molecule has 0 radical (unpaired) electrons. The van der Waals surface area contributed by atoms with Gasteiger partial charge in [0.25, 0.3) is 0 Å². The number of rotatable bonds is 5. The van der Waals surface area contributed by atoms with Crippen molar-refractivity contribution in [2.45, 2.75) is 6.92 Å². The van der Waals surface area contributed by atoms with Gasteiger partial charge in [-0.1, -0.05) is 23.2 Å².